The number of rotatable bonds is 10. The number of halogens is 1. The monoisotopic (exact) mass is 562 g/mol. The number of hydrogen-bond donors (Lipinski definition) is 7. The summed E-state index contributed by atoms with van der Waals surface area (Å²) in [5.74, 6) is -1.30. The lowest BCUT2D eigenvalue weighted by atomic mass is 10.1. The van der Waals surface area contributed by atoms with Gasteiger partial charge in [0.15, 0.2) is 5.96 Å². The fourth-order valence-corrected chi connectivity index (χ4v) is 3.54. The molecule has 0 saturated heterocycles. The van der Waals surface area contributed by atoms with Crippen LogP contribution in [0.4, 0.5) is 10.5 Å². The first kappa shape index (κ1) is 26.6. The minimum absolute atomic E-state index is 0.0666. The molecule has 0 unspecified atom stereocenters. The fourth-order valence-electron chi connectivity index (χ4n) is 3.15. The molecule has 36 heavy (non-hydrogen) atoms. The van der Waals surface area contributed by atoms with E-state index in [0.717, 1.165) is 25.5 Å². The molecule has 1 atom stereocenters. The average Bonchev–Trinajstić information content (AvgIpc) is 2.86. The van der Waals surface area contributed by atoms with E-state index < -0.39 is 30.5 Å². The minimum Gasteiger partial charge on any atom is -0.507 e. The average molecular weight is 563 g/mol. The maximum absolute atomic E-state index is 12.5. The second-order valence-electron chi connectivity index (χ2n) is 7.64. The van der Waals surface area contributed by atoms with Gasteiger partial charge >= 0.3 is 12.0 Å². The van der Waals surface area contributed by atoms with E-state index in [1.54, 1.807) is 24.3 Å². The number of nitrogens with one attached hydrogen (secondary N) is 5. The summed E-state index contributed by atoms with van der Waals surface area (Å²) in [5, 5.41) is 33.1. The minimum atomic E-state index is -1.41. The van der Waals surface area contributed by atoms with Crippen LogP contribution in [-0.2, 0) is 4.79 Å². The Kier molecular flexibility index (Phi) is 9.74. The number of anilines is 1. The smallest absolute Gasteiger partial charge is 0.328 e. The number of carboxylic acid groups (broad SMARTS) is 1. The molecule has 192 valence electrons. The number of phenolic OH excluding ortho intramolecular Hbond substituents is 1. The maximum Gasteiger partial charge on any atom is 0.328 e. The zero-order valence-electron chi connectivity index (χ0n) is 19.2. The summed E-state index contributed by atoms with van der Waals surface area (Å²) in [7, 11) is 0. The van der Waals surface area contributed by atoms with Crippen molar-refractivity contribution in [2.75, 3.05) is 38.1 Å². The van der Waals surface area contributed by atoms with Crippen molar-refractivity contribution in [3.05, 3.63) is 52.5 Å². The standard InChI is InChI=1S/C23H27BrN6O6/c24-16-4-1-2-5-17(16)29-23(35)30-18(21(33)34)13-28-20(32)15-7-6-14(12-19(15)31)36-11-10-27-22-25-8-3-9-26-22/h1-2,4-7,12,18,31H,3,8-11,13H2,(H,28,32)(H,33,34)(H2,25,26,27)(H2,29,30,35)/t18-/m0/s1. The van der Waals surface area contributed by atoms with E-state index in [1.807, 2.05) is 0 Å². The molecular weight excluding hydrogens is 536 g/mol. The molecule has 0 radical (unpaired) electrons. The molecule has 7 N–H and O–H groups in total. The highest BCUT2D eigenvalue weighted by Crippen LogP contribution is 2.23. The highest BCUT2D eigenvalue weighted by Gasteiger charge is 2.22. The number of aliphatic carboxylic acids is 1. The first-order chi connectivity index (χ1) is 17.3. The summed E-state index contributed by atoms with van der Waals surface area (Å²) in [6.07, 6.45) is 0.996. The van der Waals surface area contributed by atoms with Crippen LogP contribution in [0.2, 0.25) is 0 Å². The molecule has 0 saturated carbocycles. The van der Waals surface area contributed by atoms with Gasteiger partial charge in [0.2, 0.25) is 0 Å². The molecule has 12 nitrogen and oxygen atoms in total. The van der Waals surface area contributed by atoms with Crippen molar-refractivity contribution >= 4 is 45.5 Å². The second-order valence-corrected chi connectivity index (χ2v) is 8.50. The van der Waals surface area contributed by atoms with Gasteiger partial charge in [-0.2, -0.15) is 0 Å². The normalized spacial score (nSPS) is 13.4. The van der Waals surface area contributed by atoms with Gasteiger partial charge in [-0.15, -0.1) is 0 Å². The van der Waals surface area contributed by atoms with Gasteiger partial charge in [-0.3, -0.25) is 9.79 Å². The summed E-state index contributed by atoms with van der Waals surface area (Å²) in [6, 6.07) is 8.84. The van der Waals surface area contributed by atoms with Crippen LogP contribution in [0.25, 0.3) is 0 Å². The summed E-state index contributed by atoms with van der Waals surface area (Å²) in [5.41, 5.74) is 0.383. The number of carbonyl (C=O) groups is 3. The number of hydrogen-bond acceptors (Lipinski definition) is 8. The van der Waals surface area contributed by atoms with Crippen molar-refractivity contribution in [3.8, 4) is 11.5 Å². The van der Waals surface area contributed by atoms with Gasteiger partial charge in [-0.25, -0.2) is 9.59 Å². The largest absolute Gasteiger partial charge is 0.507 e. The second kappa shape index (κ2) is 13.2. The lowest BCUT2D eigenvalue weighted by Crippen LogP contribution is -2.49. The molecular formula is C23H27BrN6O6. The third kappa shape index (κ3) is 8.05. The zero-order valence-corrected chi connectivity index (χ0v) is 20.8. The van der Waals surface area contributed by atoms with Gasteiger partial charge in [0, 0.05) is 30.2 Å². The van der Waals surface area contributed by atoms with Crippen molar-refractivity contribution in [1.29, 1.82) is 0 Å². The summed E-state index contributed by atoms with van der Waals surface area (Å²) in [4.78, 5) is 40.5. The van der Waals surface area contributed by atoms with Gasteiger partial charge in [-0.05, 0) is 46.6 Å². The van der Waals surface area contributed by atoms with Gasteiger partial charge in [0.25, 0.3) is 5.91 Å². The van der Waals surface area contributed by atoms with Gasteiger partial charge in [0.05, 0.1) is 17.8 Å². The molecule has 0 aliphatic carbocycles. The number of urea groups is 1. The van der Waals surface area contributed by atoms with Crippen LogP contribution in [0, 0.1) is 0 Å². The Morgan fingerprint density at radius 3 is 2.69 bits per heavy atom. The van der Waals surface area contributed by atoms with Crippen LogP contribution in [0.1, 0.15) is 16.8 Å². The van der Waals surface area contributed by atoms with Crippen LogP contribution in [0.5, 0.6) is 11.5 Å². The molecule has 1 heterocycles. The van der Waals surface area contributed by atoms with E-state index in [1.165, 1.54) is 18.2 Å². The van der Waals surface area contributed by atoms with Crippen molar-refractivity contribution in [1.82, 2.24) is 21.3 Å². The Hall–Kier alpha value is -4.00. The Bertz CT molecular complexity index is 1130. The number of amides is 3. The molecule has 0 fully saturated rings. The van der Waals surface area contributed by atoms with Crippen LogP contribution < -0.4 is 31.3 Å². The molecule has 3 rings (SSSR count). The molecule has 0 aromatic heterocycles. The quantitative estimate of drug-likeness (QED) is 0.213. The topological polar surface area (TPSA) is 173 Å². The van der Waals surface area contributed by atoms with E-state index in [-0.39, 0.29) is 11.3 Å². The number of carbonyl (C=O) groups excluding carboxylic acids is 2. The Balaban J connectivity index is 1.47. The molecule has 3 amide bonds. The van der Waals surface area contributed by atoms with Gasteiger partial charge < -0.3 is 41.5 Å². The van der Waals surface area contributed by atoms with Crippen molar-refractivity contribution in [2.24, 2.45) is 4.99 Å². The fraction of sp³-hybridized carbons (Fsp3) is 0.304. The third-order valence-electron chi connectivity index (χ3n) is 4.97. The maximum atomic E-state index is 12.5. The SMILES string of the molecule is O=C(Nc1ccccc1Br)N[C@@H](CNC(=O)c1ccc(OCCNC2=NCCCN2)cc1O)C(=O)O. The van der Waals surface area contributed by atoms with E-state index in [2.05, 4.69) is 47.5 Å². The molecule has 0 bridgehead atoms. The first-order valence-corrected chi connectivity index (χ1v) is 11.9. The van der Waals surface area contributed by atoms with E-state index in [4.69, 9.17) is 4.74 Å². The Labute approximate surface area is 215 Å². The lowest BCUT2D eigenvalue weighted by molar-refractivity contribution is -0.138. The number of nitrogens with zero attached hydrogens (tertiary/aromatic N) is 1. The number of aromatic hydroxyl groups is 1. The van der Waals surface area contributed by atoms with Crippen LogP contribution in [-0.4, -0.2) is 72.9 Å². The lowest BCUT2D eigenvalue weighted by Gasteiger charge is -2.17. The Morgan fingerprint density at radius 1 is 1.19 bits per heavy atom. The van der Waals surface area contributed by atoms with E-state index >= 15 is 0 Å². The molecule has 1 aliphatic heterocycles. The highest BCUT2D eigenvalue weighted by molar-refractivity contribution is 9.10. The Morgan fingerprint density at radius 2 is 2.00 bits per heavy atom. The van der Waals surface area contributed by atoms with Crippen LogP contribution in [0.3, 0.4) is 0 Å². The predicted octanol–water partition coefficient (Wildman–Crippen LogP) is 1.48. The van der Waals surface area contributed by atoms with Crippen LogP contribution >= 0.6 is 15.9 Å². The number of benzene rings is 2. The summed E-state index contributed by atoms with van der Waals surface area (Å²) in [6.45, 7) is 2.03. The number of carboxylic acids is 1. The molecule has 2 aromatic rings. The van der Waals surface area contributed by atoms with Crippen molar-refractivity contribution < 1.29 is 29.3 Å². The third-order valence-corrected chi connectivity index (χ3v) is 5.66. The highest BCUT2D eigenvalue weighted by atomic mass is 79.9. The van der Waals surface area contributed by atoms with Gasteiger partial charge in [-0.1, -0.05) is 12.1 Å². The number of para-hydroxylation sites is 1. The number of ether oxygens (including phenoxy) is 1. The summed E-state index contributed by atoms with van der Waals surface area (Å²) < 4.78 is 6.19. The van der Waals surface area contributed by atoms with E-state index in [0.29, 0.717) is 29.1 Å². The van der Waals surface area contributed by atoms with Crippen LogP contribution in [0.15, 0.2) is 51.9 Å². The first-order valence-electron chi connectivity index (χ1n) is 11.1. The molecule has 13 heteroatoms. The van der Waals surface area contributed by atoms with Crippen molar-refractivity contribution in [2.45, 2.75) is 12.5 Å². The van der Waals surface area contributed by atoms with Crippen molar-refractivity contribution in [3.63, 3.8) is 0 Å². The zero-order chi connectivity index (χ0) is 25.9. The summed E-state index contributed by atoms with van der Waals surface area (Å²) >= 11 is 3.28. The number of guanidine groups is 1. The molecule has 1 aliphatic rings. The number of phenols is 1. The predicted molar refractivity (Wildman–Crippen MR) is 137 cm³/mol. The van der Waals surface area contributed by atoms with Gasteiger partial charge in [0.1, 0.15) is 24.1 Å². The number of aliphatic imine (C=N–C) groups is 1. The molecule has 0 spiro atoms. The van der Waals surface area contributed by atoms with E-state index in [9.17, 15) is 24.6 Å². The molecule has 2 aromatic carbocycles.